The molecule has 1 atom stereocenters. The van der Waals surface area contributed by atoms with Crippen LogP contribution < -0.4 is 11.1 Å². The Morgan fingerprint density at radius 2 is 2.04 bits per heavy atom. The third kappa shape index (κ3) is 6.22. The van der Waals surface area contributed by atoms with Crippen molar-refractivity contribution in [1.29, 1.82) is 0 Å². The zero-order valence-corrected chi connectivity index (χ0v) is 16.4. The Hall–Kier alpha value is -0.360. The summed E-state index contributed by atoms with van der Waals surface area (Å²) in [5.74, 6) is 0.112. The fraction of sp³-hybridized carbons (Fsp3) is 0.750. The van der Waals surface area contributed by atoms with E-state index in [1.807, 2.05) is 12.3 Å². The molecule has 0 spiro atoms. The van der Waals surface area contributed by atoms with Crippen LogP contribution in [0.2, 0.25) is 0 Å². The van der Waals surface area contributed by atoms with Crippen LogP contribution in [-0.2, 0) is 11.2 Å². The first-order valence-corrected chi connectivity index (χ1v) is 8.90. The minimum absolute atomic E-state index is 0. The summed E-state index contributed by atoms with van der Waals surface area (Å²) >= 11 is 1.66. The second kappa shape index (κ2) is 10.5. The normalized spacial score (nSPS) is 17.5. The lowest BCUT2D eigenvalue weighted by Gasteiger charge is -2.35. The molecule has 1 heterocycles. The van der Waals surface area contributed by atoms with E-state index in [0.717, 1.165) is 30.0 Å². The molecule has 0 bridgehead atoms. The number of aryl methyl sites for hydroxylation is 1. The first-order chi connectivity index (χ1) is 10.1. The summed E-state index contributed by atoms with van der Waals surface area (Å²) in [5, 5.41) is 6.26. The van der Waals surface area contributed by atoms with E-state index >= 15 is 0 Å². The third-order valence-electron chi connectivity index (χ3n) is 4.58. The Morgan fingerprint density at radius 3 is 2.57 bits per heavy atom. The molecule has 0 aromatic carbocycles. The molecule has 2 rings (SSSR count). The second-order valence-corrected chi connectivity index (χ2v) is 7.19. The van der Waals surface area contributed by atoms with Crippen molar-refractivity contribution in [1.82, 2.24) is 10.3 Å². The van der Waals surface area contributed by atoms with Gasteiger partial charge in [-0.1, -0.05) is 26.2 Å². The maximum Gasteiger partial charge on any atom is 0.221 e. The minimum Gasteiger partial charge on any atom is -0.348 e. The molecule has 0 radical (unpaired) electrons. The molecule has 0 saturated heterocycles. The highest BCUT2D eigenvalue weighted by molar-refractivity contribution is 7.09. The van der Waals surface area contributed by atoms with Crippen molar-refractivity contribution in [2.75, 3.05) is 6.54 Å². The van der Waals surface area contributed by atoms with E-state index in [9.17, 15) is 4.79 Å². The van der Waals surface area contributed by atoms with Crippen molar-refractivity contribution < 1.29 is 4.79 Å². The molecule has 134 valence electrons. The first kappa shape index (κ1) is 22.6. The molecule has 1 aliphatic carbocycles. The quantitative estimate of drug-likeness (QED) is 0.781. The van der Waals surface area contributed by atoms with Gasteiger partial charge in [-0.15, -0.1) is 36.2 Å². The minimum atomic E-state index is -0.0209. The van der Waals surface area contributed by atoms with Gasteiger partial charge in [0.25, 0.3) is 0 Å². The number of nitrogens with zero attached hydrogens (tertiary/aromatic N) is 1. The lowest BCUT2D eigenvalue weighted by atomic mass is 9.71. The molecule has 1 aliphatic rings. The third-order valence-corrected chi connectivity index (χ3v) is 5.59. The molecule has 4 nitrogen and oxygen atoms in total. The maximum absolute atomic E-state index is 12.3. The van der Waals surface area contributed by atoms with Gasteiger partial charge in [-0.3, -0.25) is 4.79 Å². The Labute approximate surface area is 155 Å². The Balaban J connectivity index is 0.00000242. The van der Waals surface area contributed by atoms with Crippen molar-refractivity contribution in [3.05, 3.63) is 16.1 Å². The topological polar surface area (TPSA) is 68.0 Å². The van der Waals surface area contributed by atoms with Gasteiger partial charge >= 0.3 is 0 Å². The zero-order valence-electron chi connectivity index (χ0n) is 14.0. The van der Waals surface area contributed by atoms with Crippen LogP contribution in [-0.4, -0.2) is 17.4 Å². The van der Waals surface area contributed by atoms with Crippen LogP contribution in [0, 0.1) is 5.41 Å². The van der Waals surface area contributed by atoms with E-state index in [2.05, 4.69) is 17.2 Å². The fourth-order valence-corrected chi connectivity index (χ4v) is 3.99. The Bertz CT molecular complexity index is 476. The molecule has 1 saturated carbocycles. The van der Waals surface area contributed by atoms with Crippen LogP contribution in [0.15, 0.2) is 5.38 Å². The summed E-state index contributed by atoms with van der Waals surface area (Å²) in [5.41, 5.74) is 6.95. The second-order valence-electron chi connectivity index (χ2n) is 6.25. The number of aromatic nitrogens is 1. The zero-order chi connectivity index (χ0) is 15.3. The fourth-order valence-electron chi connectivity index (χ4n) is 3.15. The van der Waals surface area contributed by atoms with Gasteiger partial charge < -0.3 is 11.1 Å². The highest BCUT2D eigenvalue weighted by Crippen LogP contribution is 2.38. The van der Waals surface area contributed by atoms with Gasteiger partial charge in [0.05, 0.1) is 16.7 Å². The van der Waals surface area contributed by atoms with Gasteiger partial charge in [0.15, 0.2) is 0 Å². The monoisotopic (exact) mass is 381 g/mol. The highest BCUT2D eigenvalue weighted by atomic mass is 35.5. The van der Waals surface area contributed by atoms with Crippen molar-refractivity contribution in [3.63, 3.8) is 0 Å². The number of rotatable bonds is 6. The van der Waals surface area contributed by atoms with Crippen LogP contribution in [0.5, 0.6) is 0 Å². The lowest BCUT2D eigenvalue weighted by Crippen LogP contribution is -2.39. The molecule has 7 heteroatoms. The van der Waals surface area contributed by atoms with E-state index in [1.54, 1.807) is 11.3 Å². The molecule has 23 heavy (non-hydrogen) atoms. The molecule has 0 aliphatic heterocycles. The van der Waals surface area contributed by atoms with Crippen LogP contribution in [0.3, 0.4) is 0 Å². The number of thiazole rings is 1. The average Bonchev–Trinajstić information content (AvgIpc) is 2.97. The van der Waals surface area contributed by atoms with Crippen LogP contribution in [0.4, 0.5) is 0 Å². The number of amides is 1. The van der Waals surface area contributed by atoms with Gasteiger partial charge in [0.2, 0.25) is 5.91 Å². The summed E-state index contributed by atoms with van der Waals surface area (Å²) in [6.07, 6.45) is 7.35. The molecule has 1 aromatic heterocycles. The summed E-state index contributed by atoms with van der Waals surface area (Å²) in [6, 6.07) is -0.0209. The predicted molar refractivity (Wildman–Crippen MR) is 102 cm³/mol. The molecule has 1 unspecified atom stereocenters. The molecule has 1 aromatic rings. The van der Waals surface area contributed by atoms with Crippen molar-refractivity contribution in [2.24, 2.45) is 11.1 Å². The number of hydrogen-bond donors (Lipinski definition) is 2. The van der Waals surface area contributed by atoms with Gasteiger partial charge in [0, 0.05) is 11.8 Å². The van der Waals surface area contributed by atoms with E-state index < -0.39 is 0 Å². The standard InChI is InChI=1S/C16H27N3OS.2ClH/c1-3-15-19-13(10-21-15)12(2)18-14(20)9-16(11-17)7-5-4-6-8-16;;/h10,12H,3-9,11,17H2,1-2H3,(H,18,20);2*1H. The number of nitrogens with two attached hydrogens (primary N) is 1. The summed E-state index contributed by atoms with van der Waals surface area (Å²) in [7, 11) is 0. The van der Waals surface area contributed by atoms with Gasteiger partial charge in [-0.05, 0) is 38.1 Å². The Kier molecular flexibility index (Phi) is 10.3. The van der Waals surface area contributed by atoms with E-state index in [1.165, 1.54) is 19.3 Å². The molecule has 1 fully saturated rings. The van der Waals surface area contributed by atoms with Crippen LogP contribution >= 0.6 is 36.2 Å². The molecular weight excluding hydrogens is 353 g/mol. The van der Waals surface area contributed by atoms with Crippen molar-refractivity contribution in [2.45, 2.75) is 64.8 Å². The van der Waals surface area contributed by atoms with E-state index in [0.29, 0.717) is 13.0 Å². The predicted octanol–water partition coefficient (Wildman–Crippen LogP) is 4.03. The van der Waals surface area contributed by atoms with Gasteiger partial charge in [-0.2, -0.15) is 0 Å². The number of nitrogens with one attached hydrogen (secondary N) is 1. The van der Waals surface area contributed by atoms with Crippen LogP contribution in [0.1, 0.15) is 69.1 Å². The molecule has 1 amide bonds. The number of halogens is 2. The van der Waals surface area contributed by atoms with Gasteiger partial charge in [0.1, 0.15) is 0 Å². The summed E-state index contributed by atoms with van der Waals surface area (Å²) in [6.45, 7) is 4.72. The van der Waals surface area contributed by atoms with E-state index in [-0.39, 0.29) is 42.2 Å². The average molecular weight is 382 g/mol. The summed E-state index contributed by atoms with van der Waals surface area (Å²) < 4.78 is 0. The Morgan fingerprint density at radius 1 is 1.39 bits per heavy atom. The maximum atomic E-state index is 12.3. The van der Waals surface area contributed by atoms with Gasteiger partial charge in [-0.25, -0.2) is 4.98 Å². The number of carbonyl (C=O) groups excluding carboxylic acids is 1. The first-order valence-electron chi connectivity index (χ1n) is 8.02. The SMILES string of the molecule is CCc1nc(C(C)NC(=O)CC2(CN)CCCCC2)cs1.Cl.Cl. The largest absolute Gasteiger partial charge is 0.348 e. The van der Waals surface area contributed by atoms with Crippen molar-refractivity contribution >= 4 is 42.1 Å². The highest BCUT2D eigenvalue weighted by Gasteiger charge is 2.33. The lowest BCUT2D eigenvalue weighted by molar-refractivity contribution is -0.124. The number of hydrogen-bond acceptors (Lipinski definition) is 4. The van der Waals surface area contributed by atoms with E-state index in [4.69, 9.17) is 5.73 Å². The molecular formula is C16H29Cl2N3OS. The van der Waals surface area contributed by atoms with Crippen molar-refractivity contribution in [3.8, 4) is 0 Å². The molecule has 3 N–H and O–H groups in total. The number of carbonyl (C=O) groups is 1. The van der Waals surface area contributed by atoms with Crippen LogP contribution in [0.25, 0.3) is 0 Å². The summed E-state index contributed by atoms with van der Waals surface area (Å²) in [4.78, 5) is 16.9. The smallest absolute Gasteiger partial charge is 0.221 e.